The van der Waals surface area contributed by atoms with Gasteiger partial charge in [0.25, 0.3) is 0 Å². The Bertz CT molecular complexity index is 814. The summed E-state index contributed by atoms with van der Waals surface area (Å²) in [6.07, 6.45) is -1.65. The SMILES string of the molecule is [2H]C([2H])([2H])C(NCC(O)c1ccc(OS(=O)(=O)O)c(CO)c1)(C([2H])([2H])[2H])C([2H])([2H])[2H]. The van der Waals surface area contributed by atoms with Crippen LogP contribution in [0.4, 0.5) is 0 Å². The minimum absolute atomic E-state index is 0.0511. The molecule has 1 unspecified atom stereocenters. The largest absolute Gasteiger partial charge is 0.446 e. The smallest absolute Gasteiger partial charge is 0.392 e. The Morgan fingerprint density at radius 1 is 1.43 bits per heavy atom. The Kier molecular flexibility index (Phi) is 2.70. The van der Waals surface area contributed by atoms with Gasteiger partial charge in [-0.15, -0.1) is 0 Å². The normalized spacial score (nSPS) is 22.1. The fraction of sp³-hybridized carbons (Fsp3) is 0.538. The van der Waals surface area contributed by atoms with Gasteiger partial charge in [-0.05, 0) is 38.3 Å². The summed E-state index contributed by atoms with van der Waals surface area (Å²) in [7, 11) is -4.90. The lowest BCUT2D eigenvalue weighted by molar-refractivity contribution is 0.163. The van der Waals surface area contributed by atoms with Crippen LogP contribution in [-0.4, -0.2) is 35.3 Å². The van der Waals surface area contributed by atoms with Crippen molar-refractivity contribution in [3.05, 3.63) is 29.3 Å². The molecule has 7 nitrogen and oxygen atoms in total. The first-order valence-electron chi connectivity index (χ1n) is 10.1. The highest BCUT2D eigenvalue weighted by Gasteiger charge is 2.17. The number of nitrogens with one attached hydrogen (secondary N) is 1. The molecule has 4 N–H and O–H groups in total. The third kappa shape index (κ3) is 6.40. The van der Waals surface area contributed by atoms with Crippen LogP contribution in [0.15, 0.2) is 18.2 Å². The number of benzene rings is 1. The molecule has 0 saturated carbocycles. The number of hydrogen-bond donors (Lipinski definition) is 4. The van der Waals surface area contributed by atoms with Gasteiger partial charge in [-0.3, -0.25) is 4.55 Å². The quantitative estimate of drug-likeness (QED) is 0.570. The lowest BCUT2D eigenvalue weighted by Crippen LogP contribution is -2.38. The molecule has 0 aromatic heterocycles. The topological polar surface area (TPSA) is 116 Å². The van der Waals surface area contributed by atoms with Crippen molar-refractivity contribution in [1.29, 1.82) is 0 Å². The first-order chi connectivity index (χ1) is 13.3. The van der Waals surface area contributed by atoms with E-state index >= 15 is 0 Å². The predicted octanol–water partition coefficient (Wildman–Crippen LogP) is 0.782. The van der Waals surface area contributed by atoms with Crippen molar-refractivity contribution < 1.29 is 39.7 Å². The number of hydrogen-bond acceptors (Lipinski definition) is 6. The minimum atomic E-state index is -4.90. The number of rotatable bonds is 6. The van der Waals surface area contributed by atoms with E-state index in [-0.39, 0.29) is 11.1 Å². The van der Waals surface area contributed by atoms with E-state index < -0.39 is 61.5 Å². The summed E-state index contributed by atoms with van der Waals surface area (Å²) in [6.45, 7) is -12.1. The standard InChI is InChI=1S/C13H21NO6S/c1-13(2,3)14-7-11(16)9-4-5-12(10(6-9)8-15)20-21(17,18)19/h4-6,11,14-16H,7-8H2,1-3H3,(H,17,18,19)/i1D3,2D3,3D3. The van der Waals surface area contributed by atoms with E-state index in [0.29, 0.717) is 0 Å². The van der Waals surface area contributed by atoms with Crippen LogP contribution in [0, 0.1) is 0 Å². The molecule has 0 fully saturated rings. The first kappa shape index (κ1) is 8.44. The van der Waals surface area contributed by atoms with Crippen LogP contribution in [0.3, 0.4) is 0 Å². The third-order valence-corrected chi connectivity index (χ3v) is 2.79. The molecule has 21 heavy (non-hydrogen) atoms. The fourth-order valence-electron chi connectivity index (χ4n) is 1.49. The molecule has 120 valence electrons. The Balaban J connectivity index is 3.26. The van der Waals surface area contributed by atoms with Gasteiger partial charge >= 0.3 is 10.4 Å². The number of aliphatic hydroxyl groups is 2. The Morgan fingerprint density at radius 3 is 2.62 bits per heavy atom. The summed E-state index contributed by atoms with van der Waals surface area (Å²) in [5.74, 6) is -0.453. The summed E-state index contributed by atoms with van der Waals surface area (Å²) < 4.78 is 102. The zero-order chi connectivity index (χ0) is 23.8. The molecule has 1 aromatic rings. The second-order valence-electron chi connectivity index (χ2n) is 4.18. The maximum Gasteiger partial charge on any atom is 0.446 e. The zero-order valence-electron chi connectivity index (χ0n) is 19.7. The van der Waals surface area contributed by atoms with Crippen LogP contribution in [0.5, 0.6) is 5.75 Å². The molecule has 0 aliphatic carbocycles. The van der Waals surface area contributed by atoms with Crippen LogP contribution < -0.4 is 9.50 Å². The molecule has 1 rings (SSSR count). The molecule has 1 atom stereocenters. The van der Waals surface area contributed by atoms with Crippen LogP contribution in [0.1, 0.15) is 50.1 Å². The van der Waals surface area contributed by atoms with E-state index in [2.05, 4.69) is 4.18 Å². The molecule has 0 bridgehead atoms. The Morgan fingerprint density at radius 2 is 2.10 bits per heavy atom. The maximum atomic E-state index is 10.8. The van der Waals surface area contributed by atoms with Gasteiger partial charge in [0.15, 0.2) is 5.75 Å². The first-order valence-corrected chi connectivity index (χ1v) is 6.97. The van der Waals surface area contributed by atoms with Crippen LogP contribution in [0.2, 0.25) is 0 Å². The predicted molar refractivity (Wildman–Crippen MR) is 77.3 cm³/mol. The number of aliphatic hydroxyl groups excluding tert-OH is 2. The Hall–Kier alpha value is -1.19. The van der Waals surface area contributed by atoms with E-state index in [1.165, 1.54) is 0 Å². The zero-order valence-corrected chi connectivity index (χ0v) is 11.5. The second kappa shape index (κ2) is 6.71. The molecule has 0 aliphatic heterocycles. The van der Waals surface area contributed by atoms with Crippen LogP contribution >= 0.6 is 0 Å². The van der Waals surface area contributed by atoms with Crippen molar-refractivity contribution in [2.24, 2.45) is 0 Å². The number of β-amino-alcohol motifs (C(OH)–C–C–N with tert-alkyl or cyclic N) is 1. The van der Waals surface area contributed by atoms with Gasteiger partial charge in [-0.1, -0.05) is 6.07 Å². The molecular formula is C13H21NO6S. The maximum absolute atomic E-state index is 10.8. The van der Waals surface area contributed by atoms with Gasteiger partial charge in [0.05, 0.1) is 12.7 Å². The van der Waals surface area contributed by atoms with Gasteiger partial charge in [0.2, 0.25) is 0 Å². The molecule has 1 aromatic carbocycles. The highest BCUT2D eigenvalue weighted by atomic mass is 32.3. The molecule has 0 heterocycles. The van der Waals surface area contributed by atoms with E-state index in [1.807, 2.05) is 5.32 Å². The fourth-order valence-corrected chi connectivity index (χ4v) is 1.88. The molecule has 0 aliphatic rings. The highest BCUT2D eigenvalue weighted by Crippen LogP contribution is 2.25. The third-order valence-electron chi connectivity index (χ3n) is 2.40. The van der Waals surface area contributed by atoms with Crippen LogP contribution in [0.25, 0.3) is 0 Å². The molecule has 8 heteroatoms. The van der Waals surface area contributed by atoms with Gasteiger partial charge in [0.1, 0.15) is 0 Å². The molecule has 0 spiro atoms. The molecule has 0 radical (unpaired) electrons. The van der Waals surface area contributed by atoms with Crippen LogP contribution in [-0.2, 0) is 17.0 Å². The summed E-state index contributed by atoms with van der Waals surface area (Å²) in [6, 6.07) is 3.12. The summed E-state index contributed by atoms with van der Waals surface area (Å²) in [5.41, 5.74) is -3.58. The van der Waals surface area contributed by atoms with Crippen molar-refractivity contribution in [3.63, 3.8) is 0 Å². The molecular weight excluding hydrogens is 298 g/mol. The monoisotopic (exact) mass is 328 g/mol. The summed E-state index contributed by atoms with van der Waals surface area (Å²) >= 11 is 0. The van der Waals surface area contributed by atoms with Crippen molar-refractivity contribution in [2.45, 2.75) is 38.8 Å². The van der Waals surface area contributed by atoms with E-state index in [4.69, 9.17) is 16.9 Å². The second-order valence-corrected chi connectivity index (χ2v) is 5.21. The molecule has 0 amide bonds. The van der Waals surface area contributed by atoms with Crippen molar-refractivity contribution in [2.75, 3.05) is 6.54 Å². The minimum Gasteiger partial charge on any atom is -0.392 e. The van der Waals surface area contributed by atoms with Crippen molar-refractivity contribution in [3.8, 4) is 5.75 Å². The van der Waals surface area contributed by atoms with Gasteiger partial charge in [-0.25, -0.2) is 0 Å². The summed E-state index contributed by atoms with van der Waals surface area (Å²) in [5, 5.41) is 21.6. The molecule has 0 saturated heterocycles. The van der Waals surface area contributed by atoms with Gasteiger partial charge in [-0.2, -0.15) is 8.42 Å². The van der Waals surface area contributed by atoms with Crippen molar-refractivity contribution >= 4 is 10.4 Å². The van der Waals surface area contributed by atoms with E-state index in [0.717, 1.165) is 18.2 Å². The average molecular weight is 328 g/mol. The van der Waals surface area contributed by atoms with Gasteiger partial charge in [0, 0.05) is 30.0 Å². The van der Waals surface area contributed by atoms with E-state index in [1.54, 1.807) is 0 Å². The Labute approximate surface area is 137 Å². The highest BCUT2D eigenvalue weighted by molar-refractivity contribution is 7.81. The lowest BCUT2D eigenvalue weighted by Gasteiger charge is -2.23. The van der Waals surface area contributed by atoms with E-state index in [9.17, 15) is 18.6 Å². The lowest BCUT2D eigenvalue weighted by atomic mass is 10.0. The van der Waals surface area contributed by atoms with Crippen molar-refractivity contribution in [1.82, 2.24) is 5.32 Å². The average Bonchev–Trinajstić information content (AvgIpc) is 2.49. The van der Waals surface area contributed by atoms with Gasteiger partial charge < -0.3 is 19.7 Å². The summed E-state index contributed by atoms with van der Waals surface area (Å²) in [4.78, 5) is 0.